The van der Waals surface area contributed by atoms with E-state index in [1.807, 2.05) is 19.1 Å². The van der Waals surface area contributed by atoms with Gasteiger partial charge in [0.1, 0.15) is 0 Å². The van der Waals surface area contributed by atoms with Gasteiger partial charge in [0.05, 0.1) is 16.3 Å². The third kappa shape index (κ3) is 4.17. The lowest BCUT2D eigenvalue weighted by Crippen LogP contribution is -2.22. The lowest BCUT2D eigenvalue weighted by atomic mass is 10.1. The van der Waals surface area contributed by atoms with Crippen LogP contribution in [0.3, 0.4) is 0 Å². The van der Waals surface area contributed by atoms with Gasteiger partial charge in [-0.1, -0.05) is 12.1 Å². The summed E-state index contributed by atoms with van der Waals surface area (Å²) in [6.45, 7) is 3.94. The van der Waals surface area contributed by atoms with Gasteiger partial charge in [0.15, 0.2) is 0 Å². The summed E-state index contributed by atoms with van der Waals surface area (Å²) in [6, 6.07) is 15.1. The molecule has 4 rings (SSSR count). The van der Waals surface area contributed by atoms with Gasteiger partial charge in [-0.3, -0.25) is 4.79 Å². The Morgan fingerprint density at radius 1 is 1.03 bits per heavy atom. The van der Waals surface area contributed by atoms with Crippen LogP contribution >= 0.6 is 11.3 Å². The van der Waals surface area contributed by atoms with Crippen molar-refractivity contribution in [2.24, 2.45) is 0 Å². The molecule has 1 aromatic heterocycles. The van der Waals surface area contributed by atoms with E-state index in [2.05, 4.69) is 33.9 Å². The highest BCUT2D eigenvalue weighted by Crippen LogP contribution is 2.26. The number of nitrogens with one attached hydrogen (secondary N) is 1. The maximum absolute atomic E-state index is 12.9. The lowest BCUT2D eigenvalue weighted by Gasteiger charge is -2.23. The van der Waals surface area contributed by atoms with Crippen LogP contribution in [0.2, 0.25) is 0 Å². The summed E-state index contributed by atoms with van der Waals surface area (Å²) in [5, 5.41) is 4.80. The monoisotopic (exact) mass is 438 g/mol. The highest BCUT2D eigenvalue weighted by atomic mass is 32.2. The molecule has 0 saturated carbocycles. The molecular weight excluding hydrogens is 416 g/mol. The van der Waals surface area contributed by atoms with Gasteiger partial charge < -0.3 is 10.2 Å². The molecule has 3 aromatic rings. The Kier molecular flexibility index (Phi) is 5.74. The maximum Gasteiger partial charge on any atom is 0.251 e. The molecule has 0 fully saturated rings. The van der Waals surface area contributed by atoms with Crippen LogP contribution < -0.4 is 5.32 Å². The summed E-state index contributed by atoms with van der Waals surface area (Å²) in [5.41, 5.74) is 2.76. The first-order valence-electron chi connectivity index (χ1n) is 9.68. The summed E-state index contributed by atoms with van der Waals surface area (Å²) >= 11 is 1.75. The zero-order valence-corrected chi connectivity index (χ0v) is 18.2. The second kappa shape index (κ2) is 8.45. The van der Waals surface area contributed by atoms with Crippen LogP contribution in [0.5, 0.6) is 0 Å². The zero-order valence-electron chi connectivity index (χ0n) is 16.5. The van der Waals surface area contributed by atoms with Gasteiger partial charge in [-0.15, -0.1) is 11.3 Å². The van der Waals surface area contributed by atoms with E-state index >= 15 is 0 Å². The number of carbonyl (C=O) groups is 1. The van der Waals surface area contributed by atoms with Crippen molar-refractivity contribution in [2.45, 2.75) is 29.8 Å². The third-order valence-corrected chi connectivity index (χ3v) is 7.68. The minimum atomic E-state index is -3.63. The Balaban J connectivity index is 1.47. The van der Waals surface area contributed by atoms with Gasteiger partial charge in [-0.25, -0.2) is 8.42 Å². The first-order valence-corrected chi connectivity index (χ1v) is 12.0. The molecule has 154 valence electrons. The van der Waals surface area contributed by atoms with Crippen molar-refractivity contribution in [3.8, 4) is 0 Å². The molecule has 0 saturated heterocycles. The van der Waals surface area contributed by atoms with Crippen molar-refractivity contribution in [2.75, 3.05) is 6.54 Å². The summed E-state index contributed by atoms with van der Waals surface area (Å²) in [6.07, 6.45) is 4.19. The second-order valence-corrected chi connectivity index (χ2v) is 10.0. The van der Waals surface area contributed by atoms with E-state index in [9.17, 15) is 13.2 Å². The molecule has 0 radical (unpaired) electrons. The number of amides is 1. The van der Waals surface area contributed by atoms with Crippen molar-refractivity contribution in [3.05, 3.63) is 87.7 Å². The summed E-state index contributed by atoms with van der Waals surface area (Å²) < 4.78 is 25.9. The SMILES string of the molecule is CCNC(=O)c1ccc(S(=O)(=O)c2ccc(CN3C=Cc4ccsc4C3)cc2)cc1. The third-order valence-electron chi connectivity index (χ3n) is 4.97. The molecular formula is C23H22N2O3S2. The van der Waals surface area contributed by atoms with Crippen LogP contribution in [0.15, 0.2) is 76.0 Å². The van der Waals surface area contributed by atoms with E-state index in [1.54, 1.807) is 23.5 Å². The number of rotatable bonds is 6. The number of hydrogen-bond donors (Lipinski definition) is 1. The maximum atomic E-state index is 12.9. The molecule has 1 aliphatic heterocycles. The van der Waals surface area contributed by atoms with E-state index in [1.165, 1.54) is 34.7 Å². The molecule has 0 aliphatic carbocycles. The standard InChI is InChI=1S/C23H22N2O3S2/c1-2-24-23(26)19-5-9-21(10-6-19)30(27,28)20-7-3-17(4-8-20)15-25-13-11-18-12-14-29-22(18)16-25/h3-14H,2,15-16H2,1H3,(H,24,26). The predicted molar refractivity (Wildman–Crippen MR) is 119 cm³/mol. The smallest absolute Gasteiger partial charge is 0.251 e. The molecule has 1 N–H and O–H groups in total. The van der Waals surface area contributed by atoms with Gasteiger partial charge >= 0.3 is 0 Å². The van der Waals surface area contributed by atoms with Crippen LogP contribution in [0.25, 0.3) is 6.08 Å². The molecule has 2 heterocycles. The van der Waals surface area contributed by atoms with Crippen molar-refractivity contribution in [1.29, 1.82) is 0 Å². The zero-order chi connectivity index (χ0) is 21.1. The van der Waals surface area contributed by atoms with Gasteiger partial charge in [0, 0.05) is 29.7 Å². The van der Waals surface area contributed by atoms with Crippen molar-refractivity contribution in [1.82, 2.24) is 10.2 Å². The Bertz CT molecular complexity index is 1180. The van der Waals surface area contributed by atoms with Crippen LogP contribution in [0.4, 0.5) is 0 Å². The number of carbonyl (C=O) groups excluding carboxylic acids is 1. The Labute approximate surface area is 180 Å². The number of sulfone groups is 1. The molecule has 0 atom stereocenters. The molecule has 1 aliphatic rings. The minimum Gasteiger partial charge on any atom is -0.368 e. The fraction of sp³-hybridized carbons (Fsp3) is 0.174. The molecule has 0 bridgehead atoms. The molecule has 1 amide bonds. The summed E-state index contributed by atoms with van der Waals surface area (Å²) in [7, 11) is -3.63. The predicted octanol–water partition coefficient (Wildman–Crippen LogP) is 4.32. The van der Waals surface area contributed by atoms with Crippen LogP contribution in [-0.4, -0.2) is 25.8 Å². The van der Waals surface area contributed by atoms with Crippen LogP contribution in [-0.2, 0) is 22.9 Å². The number of nitrogens with zero attached hydrogens (tertiary/aromatic N) is 1. The first kappa shape index (κ1) is 20.4. The fourth-order valence-corrected chi connectivity index (χ4v) is 5.50. The average Bonchev–Trinajstić information content (AvgIpc) is 3.22. The topological polar surface area (TPSA) is 66.5 Å². The number of thiophene rings is 1. The second-order valence-electron chi connectivity index (χ2n) is 7.05. The molecule has 30 heavy (non-hydrogen) atoms. The van der Waals surface area contributed by atoms with Crippen LogP contribution in [0, 0.1) is 0 Å². The van der Waals surface area contributed by atoms with Gasteiger partial charge in [0.25, 0.3) is 5.91 Å². The number of fused-ring (bicyclic) bond motifs is 1. The van der Waals surface area contributed by atoms with Gasteiger partial charge in [0.2, 0.25) is 9.84 Å². The quantitative estimate of drug-likeness (QED) is 0.623. The van der Waals surface area contributed by atoms with E-state index < -0.39 is 9.84 Å². The van der Waals surface area contributed by atoms with Crippen LogP contribution in [0.1, 0.15) is 33.3 Å². The Hall–Kier alpha value is -2.90. The number of benzene rings is 2. The van der Waals surface area contributed by atoms with Crippen molar-refractivity contribution in [3.63, 3.8) is 0 Å². The minimum absolute atomic E-state index is 0.174. The highest BCUT2D eigenvalue weighted by molar-refractivity contribution is 7.91. The summed E-state index contributed by atoms with van der Waals surface area (Å²) in [5.74, 6) is -0.216. The van der Waals surface area contributed by atoms with E-state index in [0.717, 1.165) is 18.7 Å². The molecule has 5 nitrogen and oxygen atoms in total. The van der Waals surface area contributed by atoms with Gasteiger partial charge in [-0.05, 0) is 72.0 Å². The van der Waals surface area contributed by atoms with E-state index in [4.69, 9.17) is 0 Å². The molecule has 0 spiro atoms. The van der Waals surface area contributed by atoms with Gasteiger partial charge in [-0.2, -0.15) is 0 Å². The molecule has 2 aromatic carbocycles. The molecule has 0 unspecified atom stereocenters. The first-order chi connectivity index (χ1) is 14.5. The van der Waals surface area contributed by atoms with Crippen molar-refractivity contribution < 1.29 is 13.2 Å². The normalized spacial score (nSPS) is 13.2. The summed E-state index contributed by atoms with van der Waals surface area (Å²) in [4.78, 5) is 15.8. The highest BCUT2D eigenvalue weighted by Gasteiger charge is 2.19. The largest absolute Gasteiger partial charge is 0.368 e. The number of hydrogen-bond acceptors (Lipinski definition) is 5. The average molecular weight is 439 g/mol. The molecule has 7 heteroatoms. The van der Waals surface area contributed by atoms with E-state index in [-0.39, 0.29) is 15.7 Å². The van der Waals surface area contributed by atoms with E-state index in [0.29, 0.717) is 12.1 Å². The fourth-order valence-electron chi connectivity index (χ4n) is 3.35. The Morgan fingerprint density at radius 2 is 1.70 bits per heavy atom. The van der Waals surface area contributed by atoms with Crippen molar-refractivity contribution >= 4 is 33.2 Å². The Morgan fingerprint density at radius 3 is 2.37 bits per heavy atom. The lowest BCUT2D eigenvalue weighted by molar-refractivity contribution is 0.0955.